The summed E-state index contributed by atoms with van der Waals surface area (Å²) in [4.78, 5) is 11.7. The van der Waals surface area contributed by atoms with Crippen LogP contribution in [0.25, 0.3) is 0 Å². The zero-order valence-corrected chi connectivity index (χ0v) is 10.0. The Hall–Kier alpha value is -2.16. The van der Waals surface area contributed by atoms with E-state index in [4.69, 9.17) is 4.74 Å². The number of rotatable bonds is 3. The standard InChI is InChI=1S/C15H13FO2/c1-2-11-7-9-12(10-8-11)18-15(17)13-5-3-4-6-14(13)16/h3-10H,2H2,1H3. The molecular weight excluding hydrogens is 231 g/mol. The Labute approximate surface area is 105 Å². The van der Waals surface area contributed by atoms with Gasteiger partial charge in [0.25, 0.3) is 0 Å². The van der Waals surface area contributed by atoms with Crippen LogP contribution in [0.15, 0.2) is 48.5 Å². The highest BCUT2D eigenvalue weighted by molar-refractivity contribution is 5.91. The van der Waals surface area contributed by atoms with Gasteiger partial charge in [0.05, 0.1) is 5.56 Å². The van der Waals surface area contributed by atoms with Gasteiger partial charge in [-0.05, 0) is 36.2 Å². The average Bonchev–Trinajstić information content (AvgIpc) is 2.40. The second-order valence-corrected chi connectivity index (χ2v) is 3.87. The van der Waals surface area contributed by atoms with E-state index < -0.39 is 11.8 Å². The van der Waals surface area contributed by atoms with Crippen LogP contribution in [0.3, 0.4) is 0 Å². The number of benzene rings is 2. The summed E-state index contributed by atoms with van der Waals surface area (Å²) in [5, 5.41) is 0. The van der Waals surface area contributed by atoms with Crippen molar-refractivity contribution in [3.05, 3.63) is 65.5 Å². The monoisotopic (exact) mass is 244 g/mol. The molecule has 0 atom stereocenters. The molecule has 0 bridgehead atoms. The lowest BCUT2D eigenvalue weighted by atomic mass is 10.2. The molecule has 0 aromatic heterocycles. The highest BCUT2D eigenvalue weighted by Crippen LogP contribution is 2.15. The maximum absolute atomic E-state index is 13.4. The molecule has 0 saturated carbocycles. The van der Waals surface area contributed by atoms with E-state index in [1.54, 1.807) is 18.2 Å². The average molecular weight is 244 g/mol. The van der Waals surface area contributed by atoms with Crippen LogP contribution in [0.2, 0.25) is 0 Å². The zero-order chi connectivity index (χ0) is 13.0. The smallest absolute Gasteiger partial charge is 0.346 e. The lowest BCUT2D eigenvalue weighted by Crippen LogP contribution is -2.10. The summed E-state index contributed by atoms with van der Waals surface area (Å²) in [5.74, 6) is -0.842. The molecule has 2 aromatic rings. The van der Waals surface area contributed by atoms with Gasteiger partial charge in [-0.1, -0.05) is 31.2 Å². The molecule has 0 unspecified atom stereocenters. The summed E-state index contributed by atoms with van der Waals surface area (Å²) < 4.78 is 18.5. The normalized spacial score (nSPS) is 10.1. The van der Waals surface area contributed by atoms with Crippen LogP contribution < -0.4 is 4.74 Å². The Kier molecular flexibility index (Phi) is 3.72. The fraction of sp³-hybridized carbons (Fsp3) is 0.133. The minimum Gasteiger partial charge on any atom is -0.423 e. The number of carbonyl (C=O) groups excluding carboxylic acids is 1. The van der Waals surface area contributed by atoms with E-state index in [2.05, 4.69) is 0 Å². The number of halogens is 1. The van der Waals surface area contributed by atoms with Gasteiger partial charge in [0.15, 0.2) is 0 Å². The Morgan fingerprint density at radius 3 is 2.39 bits per heavy atom. The molecule has 3 heteroatoms. The molecule has 0 radical (unpaired) electrons. The molecule has 92 valence electrons. The summed E-state index contributed by atoms with van der Waals surface area (Å²) in [5.41, 5.74) is 1.10. The van der Waals surface area contributed by atoms with E-state index in [0.29, 0.717) is 5.75 Å². The van der Waals surface area contributed by atoms with E-state index in [9.17, 15) is 9.18 Å². The second kappa shape index (κ2) is 5.45. The van der Waals surface area contributed by atoms with Crippen LogP contribution in [-0.2, 0) is 6.42 Å². The summed E-state index contributed by atoms with van der Waals surface area (Å²) in [6, 6.07) is 12.9. The van der Waals surface area contributed by atoms with Crippen LogP contribution in [0.5, 0.6) is 5.75 Å². The lowest BCUT2D eigenvalue weighted by molar-refractivity contribution is 0.0730. The number of carbonyl (C=O) groups is 1. The summed E-state index contributed by atoms with van der Waals surface area (Å²) in [6.45, 7) is 2.04. The predicted octanol–water partition coefficient (Wildman–Crippen LogP) is 3.61. The van der Waals surface area contributed by atoms with Gasteiger partial charge in [-0.15, -0.1) is 0 Å². The molecule has 18 heavy (non-hydrogen) atoms. The van der Waals surface area contributed by atoms with Crippen LogP contribution in [0.1, 0.15) is 22.8 Å². The zero-order valence-electron chi connectivity index (χ0n) is 10.0. The van der Waals surface area contributed by atoms with Crippen molar-refractivity contribution in [2.75, 3.05) is 0 Å². The first kappa shape index (κ1) is 12.3. The Balaban J connectivity index is 2.14. The van der Waals surface area contributed by atoms with Crippen LogP contribution in [0.4, 0.5) is 4.39 Å². The predicted molar refractivity (Wildman–Crippen MR) is 67.2 cm³/mol. The van der Waals surface area contributed by atoms with Crippen molar-refractivity contribution in [1.82, 2.24) is 0 Å². The molecule has 2 nitrogen and oxygen atoms in total. The second-order valence-electron chi connectivity index (χ2n) is 3.87. The van der Waals surface area contributed by atoms with Crippen LogP contribution in [-0.4, -0.2) is 5.97 Å². The van der Waals surface area contributed by atoms with Gasteiger partial charge in [0.2, 0.25) is 0 Å². The third kappa shape index (κ3) is 2.74. The van der Waals surface area contributed by atoms with Crippen molar-refractivity contribution in [3.63, 3.8) is 0 Å². The summed E-state index contributed by atoms with van der Waals surface area (Å²) in [6.07, 6.45) is 0.918. The Morgan fingerprint density at radius 1 is 1.11 bits per heavy atom. The molecule has 2 aromatic carbocycles. The van der Waals surface area contributed by atoms with Crippen molar-refractivity contribution in [1.29, 1.82) is 0 Å². The van der Waals surface area contributed by atoms with Gasteiger partial charge in [0.1, 0.15) is 11.6 Å². The van der Waals surface area contributed by atoms with Gasteiger partial charge < -0.3 is 4.74 Å². The fourth-order valence-corrected chi connectivity index (χ4v) is 1.58. The molecule has 0 heterocycles. The van der Waals surface area contributed by atoms with E-state index in [1.165, 1.54) is 18.2 Å². The van der Waals surface area contributed by atoms with Gasteiger partial charge in [-0.2, -0.15) is 0 Å². The molecule has 0 fully saturated rings. The fourth-order valence-electron chi connectivity index (χ4n) is 1.58. The van der Waals surface area contributed by atoms with Gasteiger partial charge in [-0.3, -0.25) is 0 Å². The molecule has 0 saturated heterocycles. The highest BCUT2D eigenvalue weighted by atomic mass is 19.1. The first-order chi connectivity index (χ1) is 8.70. The van der Waals surface area contributed by atoms with Crippen LogP contribution in [0, 0.1) is 5.82 Å². The Morgan fingerprint density at radius 2 is 1.78 bits per heavy atom. The first-order valence-corrected chi connectivity index (χ1v) is 5.76. The third-order valence-electron chi connectivity index (χ3n) is 2.64. The molecule has 0 spiro atoms. The molecule has 2 rings (SSSR count). The van der Waals surface area contributed by atoms with Gasteiger partial charge >= 0.3 is 5.97 Å². The maximum Gasteiger partial charge on any atom is 0.346 e. The van der Waals surface area contributed by atoms with E-state index in [-0.39, 0.29) is 5.56 Å². The number of ether oxygens (including phenoxy) is 1. The van der Waals surface area contributed by atoms with Crippen molar-refractivity contribution in [2.24, 2.45) is 0 Å². The molecular formula is C15H13FO2. The van der Waals surface area contributed by atoms with Gasteiger partial charge in [-0.25, -0.2) is 9.18 Å². The third-order valence-corrected chi connectivity index (χ3v) is 2.64. The van der Waals surface area contributed by atoms with Crippen molar-refractivity contribution < 1.29 is 13.9 Å². The van der Waals surface area contributed by atoms with Gasteiger partial charge in [0, 0.05) is 0 Å². The molecule has 0 N–H and O–H groups in total. The number of hydrogen-bond acceptors (Lipinski definition) is 2. The highest BCUT2D eigenvalue weighted by Gasteiger charge is 2.12. The van der Waals surface area contributed by atoms with E-state index in [1.807, 2.05) is 19.1 Å². The molecule has 0 amide bonds. The summed E-state index contributed by atoms with van der Waals surface area (Å²) >= 11 is 0. The molecule has 0 aliphatic carbocycles. The van der Waals surface area contributed by atoms with Crippen molar-refractivity contribution >= 4 is 5.97 Å². The SMILES string of the molecule is CCc1ccc(OC(=O)c2ccccc2F)cc1. The van der Waals surface area contributed by atoms with Crippen LogP contribution >= 0.6 is 0 Å². The minimum atomic E-state index is -0.683. The number of hydrogen-bond donors (Lipinski definition) is 0. The largest absolute Gasteiger partial charge is 0.423 e. The molecule has 0 aliphatic heterocycles. The van der Waals surface area contributed by atoms with Crippen molar-refractivity contribution in [2.45, 2.75) is 13.3 Å². The maximum atomic E-state index is 13.4. The number of esters is 1. The minimum absolute atomic E-state index is 0.0583. The topological polar surface area (TPSA) is 26.3 Å². The van der Waals surface area contributed by atoms with Crippen molar-refractivity contribution in [3.8, 4) is 5.75 Å². The van der Waals surface area contributed by atoms with E-state index in [0.717, 1.165) is 12.0 Å². The quantitative estimate of drug-likeness (QED) is 0.609. The Bertz CT molecular complexity index is 547. The lowest BCUT2D eigenvalue weighted by Gasteiger charge is -2.05. The molecule has 0 aliphatic rings. The summed E-state index contributed by atoms with van der Waals surface area (Å²) in [7, 11) is 0. The number of aryl methyl sites for hydroxylation is 1. The first-order valence-electron chi connectivity index (χ1n) is 5.76. The van der Waals surface area contributed by atoms with E-state index >= 15 is 0 Å².